The van der Waals surface area contributed by atoms with E-state index in [4.69, 9.17) is 0 Å². The van der Waals surface area contributed by atoms with Crippen LogP contribution in [-0.4, -0.2) is 3.21 Å². The van der Waals surface area contributed by atoms with Crippen LogP contribution in [0.25, 0.3) is 17.2 Å². The molecule has 0 aliphatic heterocycles. The Labute approximate surface area is 220 Å². The molecular weight excluding hydrogens is 512 g/mol. The van der Waals surface area contributed by atoms with E-state index in [1.807, 2.05) is 0 Å². The summed E-state index contributed by atoms with van der Waals surface area (Å²) in [5.41, 5.74) is 11.5. The van der Waals surface area contributed by atoms with Crippen LogP contribution < -0.4 is 3.27 Å². The molecule has 0 radical (unpaired) electrons. The number of fused-ring (bicyclic) bond motifs is 4. The third kappa shape index (κ3) is 3.66. The van der Waals surface area contributed by atoms with Crippen LogP contribution in [0.2, 0.25) is 0 Å². The summed E-state index contributed by atoms with van der Waals surface area (Å²) in [7, 11) is 0. The van der Waals surface area contributed by atoms with E-state index in [1.165, 1.54) is 38.9 Å². The summed E-state index contributed by atoms with van der Waals surface area (Å²) in [4.78, 5) is 0. The van der Waals surface area contributed by atoms with Crippen molar-refractivity contribution in [2.24, 2.45) is 0 Å². The van der Waals surface area contributed by atoms with E-state index in [0.717, 1.165) is 6.42 Å². The van der Waals surface area contributed by atoms with Crippen molar-refractivity contribution >= 4 is 12.6 Å². The van der Waals surface area contributed by atoms with Gasteiger partial charge in [-0.05, 0) is 0 Å². The molecular formula is C35H26Zr. The molecule has 0 saturated heterocycles. The molecule has 0 amide bonds. The van der Waals surface area contributed by atoms with Gasteiger partial charge in [-0.25, -0.2) is 0 Å². The molecule has 0 N–H and O–H groups in total. The van der Waals surface area contributed by atoms with Crippen molar-refractivity contribution in [3.63, 3.8) is 0 Å². The molecule has 1 atom stereocenters. The fourth-order valence-corrected chi connectivity index (χ4v) is 14.8. The molecule has 0 nitrogen and oxygen atoms in total. The van der Waals surface area contributed by atoms with Crippen LogP contribution in [0.3, 0.4) is 0 Å². The zero-order valence-corrected chi connectivity index (χ0v) is 22.5. The molecule has 0 bridgehead atoms. The average molecular weight is 538 g/mol. The van der Waals surface area contributed by atoms with E-state index < -0.39 is 21.3 Å². The summed E-state index contributed by atoms with van der Waals surface area (Å²) in [5.74, 6) is 0. The van der Waals surface area contributed by atoms with E-state index in [1.54, 1.807) is 12.0 Å². The molecule has 0 fully saturated rings. The first-order valence-corrected chi connectivity index (χ1v) is 16.6. The Morgan fingerprint density at radius 2 is 1.22 bits per heavy atom. The standard InChI is InChI=1S/C13H9.C13H10.C9H7.Zr/c1-3-7-12-10(5-1)9-11-6-2-4-8-13(11)12;1-3-7-12(8-4-1)11-13-9-5-2-6-10-13;1-2-5-9-7-3-6-8(9)4-1;/h1-5,7-8H,9H2;1-10H;1-7H;. The quantitative estimate of drug-likeness (QED) is 0.218. The van der Waals surface area contributed by atoms with Gasteiger partial charge in [-0.3, -0.25) is 0 Å². The van der Waals surface area contributed by atoms with Crippen molar-refractivity contribution in [1.82, 2.24) is 0 Å². The Balaban J connectivity index is 1.57. The fourth-order valence-electron chi connectivity index (χ4n) is 6.06. The maximum atomic E-state index is 2.52. The number of hydrogen-bond acceptors (Lipinski definition) is 0. The summed E-state index contributed by atoms with van der Waals surface area (Å²) < 4.78 is 3.70. The number of rotatable bonds is 4. The Bertz CT molecular complexity index is 1600. The molecule has 36 heavy (non-hydrogen) atoms. The van der Waals surface area contributed by atoms with E-state index >= 15 is 0 Å². The van der Waals surface area contributed by atoms with Crippen molar-refractivity contribution in [1.29, 1.82) is 0 Å². The number of allylic oxidation sites excluding steroid dienone is 1. The van der Waals surface area contributed by atoms with Crippen LogP contribution in [-0.2, 0) is 27.7 Å². The van der Waals surface area contributed by atoms with Crippen LogP contribution in [0.1, 0.15) is 37.0 Å². The van der Waals surface area contributed by atoms with Gasteiger partial charge >= 0.3 is 222 Å². The molecule has 0 heterocycles. The second kappa shape index (κ2) is 9.23. The van der Waals surface area contributed by atoms with Crippen LogP contribution in [0.4, 0.5) is 0 Å². The van der Waals surface area contributed by atoms with Gasteiger partial charge in [0.15, 0.2) is 0 Å². The zero-order valence-electron chi connectivity index (χ0n) is 20.1. The molecule has 5 aromatic rings. The molecule has 1 heteroatoms. The summed E-state index contributed by atoms with van der Waals surface area (Å²) in [5, 5.41) is 0. The number of hydrogen-bond donors (Lipinski definition) is 0. The first-order valence-electron chi connectivity index (χ1n) is 12.7. The summed E-state index contributed by atoms with van der Waals surface area (Å²) in [6.07, 6.45) is 5.93. The third-order valence-electron chi connectivity index (χ3n) is 7.65. The Morgan fingerprint density at radius 1 is 0.583 bits per heavy atom. The topological polar surface area (TPSA) is 0 Å². The monoisotopic (exact) mass is 536 g/mol. The van der Waals surface area contributed by atoms with Gasteiger partial charge < -0.3 is 0 Å². The van der Waals surface area contributed by atoms with Crippen LogP contribution in [0, 0.1) is 0 Å². The van der Waals surface area contributed by atoms with Gasteiger partial charge in [-0.15, -0.1) is 0 Å². The predicted molar refractivity (Wildman–Crippen MR) is 149 cm³/mol. The minimum absolute atomic E-state index is 0.467. The van der Waals surface area contributed by atoms with Crippen LogP contribution >= 0.6 is 0 Å². The first-order chi connectivity index (χ1) is 17.9. The minimum atomic E-state index is -2.62. The van der Waals surface area contributed by atoms with Gasteiger partial charge in [0.05, 0.1) is 0 Å². The molecule has 5 aromatic carbocycles. The Hall–Kier alpha value is -3.41. The predicted octanol–water partition coefficient (Wildman–Crippen LogP) is 7.54. The van der Waals surface area contributed by atoms with E-state index in [2.05, 4.69) is 140 Å². The summed E-state index contributed by atoms with van der Waals surface area (Å²) in [6.45, 7) is 0. The molecule has 0 spiro atoms. The van der Waals surface area contributed by atoms with Gasteiger partial charge in [0.25, 0.3) is 0 Å². The first kappa shape index (κ1) is 21.8. The summed E-state index contributed by atoms with van der Waals surface area (Å²) >= 11 is -2.62. The molecule has 2 aliphatic rings. The van der Waals surface area contributed by atoms with E-state index in [-0.39, 0.29) is 0 Å². The second-order valence-corrected chi connectivity index (χ2v) is 15.8. The van der Waals surface area contributed by atoms with Gasteiger partial charge in [0, 0.05) is 0 Å². The summed E-state index contributed by atoms with van der Waals surface area (Å²) in [6, 6.07) is 47.5. The normalized spacial score (nSPS) is 14.7. The second-order valence-electron chi connectivity index (χ2n) is 9.65. The van der Waals surface area contributed by atoms with Gasteiger partial charge in [-0.2, -0.15) is 0 Å². The molecule has 2 aliphatic carbocycles. The van der Waals surface area contributed by atoms with Gasteiger partial charge in [-0.1, -0.05) is 0 Å². The van der Waals surface area contributed by atoms with E-state index in [9.17, 15) is 0 Å². The maximum absolute atomic E-state index is 2.62. The Morgan fingerprint density at radius 3 is 2.00 bits per heavy atom. The van der Waals surface area contributed by atoms with Crippen molar-refractivity contribution in [2.75, 3.05) is 0 Å². The van der Waals surface area contributed by atoms with Gasteiger partial charge in [0.2, 0.25) is 0 Å². The fraction of sp³-hybridized carbons (Fsp3) is 0.0571. The molecule has 7 rings (SSSR count). The van der Waals surface area contributed by atoms with E-state index in [0.29, 0.717) is 3.63 Å². The van der Waals surface area contributed by atoms with Crippen molar-refractivity contribution < 1.29 is 21.3 Å². The Kier molecular flexibility index (Phi) is 5.60. The van der Waals surface area contributed by atoms with Crippen molar-refractivity contribution in [3.05, 3.63) is 167 Å². The number of benzene rings is 5. The van der Waals surface area contributed by atoms with Crippen molar-refractivity contribution in [3.8, 4) is 11.1 Å². The zero-order chi connectivity index (χ0) is 23.9. The molecule has 1 unspecified atom stereocenters. The molecule has 170 valence electrons. The van der Waals surface area contributed by atoms with Crippen LogP contribution in [0.5, 0.6) is 0 Å². The molecule has 0 saturated carbocycles. The van der Waals surface area contributed by atoms with Gasteiger partial charge in [0.1, 0.15) is 0 Å². The SMILES string of the molecule is C1=C[CH]([Zr](=[C](c2ccccc2)c2ccccc2)[c]2cccc3c2Cc2ccccc2-3)c2ccccc21. The van der Waals surface area contributed by atoms with Crippen molar-refractivity contribution in [2.45, 2.75) is 10.0 Å². The third-order valence-corrected chi connectivity index (χ3v) is 15.7. The van der Waals surface area contributed by atoms with Crippen LogP contribution in [0.15, 0.2) is 133 Å². The molecule has 0 aromatic heterocycles. The average Bonchev–Trinajstić information content (AvgIpc) is 3.54.